The summed E-state index contributed by atoms with van der Waals surface area (Å²) in [6.45, 7) is 0. The van der Waals surface area contributed by atoms with E-state index in [0.29, 0.717) is 5.75 Å². The Labute approximate surface area is 110 Å². The van der Waals surface area contributed by atoms with E-state index in [0.717, 1.165) is 28.0 Å². The van der Waals surface area contributed by atoms with Crippen LogP contribution in [0.5, 0.6) is 5.75 Å². The smallest absolute Gasteiger partial charge is 0.156 e. The van der Waals surface area contributed by atoms with Gasteiger partial charge in [0.2, 0.25) is 0 Å². The standard InChI is InChI=1S/C15H11N3O/c1-3-10-8-11(4-5-14(10)19-2)12-9-13-15(18-12)17-7-6-16-13/h1,4-9H,2H3,(H,17,18). The van der Waals surface area contributed by atoms with Crippen LogP contribution in [-0.4, -0.2) is 22.1 Å². The molecule has 0 amide bonds. The molecule has 0 aliphatic rings. The van der Waals surface area contributed by atoms with Gasteiger partial charge < -0.3 is 9.72 Å². The SMILES string of the molecule is C#Cc1cc(-c2cc3nccnc3[nH]2)ccc1OC. The van der Waals surface area contributed by atoms with Crippen LogP contribution in [0.15, 0.2) is 36.7 Å². The molecular formula is C15H11N3O. The Hall–Kier alpha value is -2.80. The van der Waals surface area contributed by atoms with Crippen LogP contribution in [0.1, 0.15) is 5.56 Å². The van der Waals surface area contributed by atoms with E-state index < -0.39 is 0 Å². The molecule has 3 rings (SSSR count). The third-order valence-electron chi connectivity index (χ3n) is 2.93. The van der Waals surface area contributed by atoms with Gasteiger partial charge in [0.05, 0.1) is 12.7 Å². The van der Waals surface area contributed by atoms with Gasteiger partial charge in [-0.1, -0.05) is 5.92 Å². The third-order valence-corrected chi connectivity index (χ3v) is 2.93. The van der Waals surface area contributed by atoms with Crippen molar-refractivity contribution >= 4 is 11.2 Å². The fourth-order valence-corrected chi connectivity index (χ4v) is 1.99. The number of H-pyrrole nitrogens is 1. The fourth-order valence-electron chi connectivity index (χ4n) is 1.99. The van der Waals surface area contributed by atoms with Crippen molar-refractivity contribution in [2.24, 2.45) is 0 Å². The Bertz CT molecular complexity index is 750. The van der Waals surface area contributed by atoms with Crippen molar-refractivity contribution in [3.63, 3.8) is 0 Å². The number of methoxy groups -OCH3 is 1. The number of rotatable bonds is 2. The first-order valence-corrected chi connectivity index (χ1v) is 5.76. The molecule has 0 saturated carbocycles. The second-order valence-corrected chi connectivity index (χ2v) is 4.03. The van der Waals surface area contributed by atoms with E-state index in [1.54, 1.807) is 19.5 Å². The number of benzene rings is 1. The van der Waals surface area contributed by atoms with E-state index in [1.807, 2.05) is 24.3 Å². The highest BCUT2D eigenvalue weighted by atomic mass is 16.5. The molecule has 4 heteroatoms. The lowest BCUT2D eigenvalue weighted by atomic mass is 10.1. The first kappa shape index (κ1) is 11.3. The van der Waals surface area contributed by atoms with Crippen LogP contribution >= 0.6 is 0 Å². The zero-order valence-corrected chi connectivity index (χ0v) is 10.3. The number of aromatic amines is 1. The van der Waals surface area contributed by atoms with Crippen LogP contribution in [0, 0.1) is 12.3 Å². The Morgan fingerprint density at radius 1 is 1.21 bits per heavy atom. The number of hydrogen-bond acceptors (Lipinski definition) is 3. The molecule has 92 valence electrons. The van der Waals surface area contributed by atoms with Gasteiger partial charge >= 0.3 is 0 Å². The molecule has 0 aliphatic heterocycles. The molecule has 0 aliphatic carbocycles. The molecule has 19 heavy (non-hydrogen) atoms. The molecule has 0 radical (unpaired) electrons. The summed E-state index contributed by atoms with van der Waals surface area (Å²) < 4.78 is 5.21. The summed E-state index contributed by atoms with van der Waals surface area (Å²) in [7, 11) is 1.60. The minimum atomic E-state index is 0.693. The van der Waals surface area contributed by atoms with Crippen LogP contribution in [-0.2, 0) is 0 Å². The van der Waals surface area contributed by atoms with E-state index in [1.165, 1.54) is 0 Å². The summed E-state index contributed by atoms with van der Waals surface area (Å²) >= 11 is 0. The van der Waals surface area contributed by atoms with E-state index in [-0.39, 0.29) is 0 Å². The predicted molar refractivity (Wildman–Crippen MR) is 73.8 cm³/mol. The summed E-state index contributed by atoms with van der Waals surface area (Å²) in [6, 6.07) is 7.66. The number of fused-ring (bicyclic) bond motifs is 1. The molecule has 2 heterocycles. The van der Waals surface area contributed by atoms with Crippen molar-refractivity contribution in [1.29, 1.82) is 0 Å². The number of aromatic nitrogens is 3. The summed E-state index contributed by atoms with van der Waals surface area (Å²) in [6.07, 6.45) is 8.81. The van der Waals surface area contributed by atoms with Gasteiger partial charge in [0, 0.05) is 18.1 Å². The lowest BCUT2D eigenvalue weighted by Crippen LogP contribution is -1.88. The zero-order chi connectivity index (χ0) is 13.2. The summed E-state index contributed by atoms with van der Waals surface area (Å²) in [5.41, 5.74) is 4.22. The molecule has 3 aromatic rings. The highest BCUT2D eigenvalue weighted by Crippen LogP contribution is 2.27. The Morgan fingerprint density at radius 2 is 2.05 bits per heavy atom. The lowest BCUT2D eigenvalue weighted by molar-refractivity contribution is 0.413. The van der Waals surface area contributed by atoms with Crippen molar-refractivity contribution in [1.82, 2.24) is 15.0 Å². The summed E-state index contributed by atoms with van der Waals surface area (Å²) in [5, 5.41) is 0. The number of nitrogens with zero attached hydrogens (tertiary/aromatic N) is 2. The Kier molecular flexibility index (Phi) is 2.66. The monoisotopic (exact) mass is 249 g/mol. The minimum absolute atomic E-state index is 0.693. The average Bonchev–Trinajstić information content (AvgIpc) is 2.90. The minimum Gasteiger partial charge on any atom is -0.495 e. The Morgan fingerprint density at radius 3 is 2.79 bits per heavy atom. The third kappa shape index (κ3) is 1.91. The topological polar surface area (TPSA) is 50.8 Å². The van der Waals surface area contributed by atoms with Gasteiger partial charge in [0.1, 0.15) is 11.3 Å². The van der Waals surface area contributed by atoms with Crippen molar-refractivity contribution in [3.05, 3.63) is 42.2 Å². The second kappa shape index (κ2) is 4.46. The first-order chi connectivity index (χ1) is 9.31. The average molecular weight is 249 g/mol. The van der Waals surface area contributed by atoms with Gasteiger partial charge in [-0.15, -0.1) is 6.42 Å². The van der Waals surface area contributed by atoms with Crippen molar-refractivity contribution < 1.29 is 4.74 Å². The molecule has 0 bridgehead atoms. The predicted octanol–water partition coefficient (Wildman–Crippen LogP) is 2.61. The summed E-state index contributed by atoms with van der Waals surface area (Å²) in [4.78, 5) is 11.7. The van der Waals surface area contributed by atoms with E-state index in [4.69, 9.17) is 11.2 Å². The zero-order valence-electron chi connectivity index (χ0n) is 10.3. The van der Waals surface area contributed by atoms with Crippen molar-refractivity contribution in [2.45, 2.75) is 0 Å². The number of ether oxygens (including phenoxy) is 1. The van der Waals surface area contributed by atoms with Crippen LogP contribution in [0.4, 0.5) is 0 Å². The molecule has 4 nitrogen and oxygen atoms in total. The van der Waals surface area contributed by atoms with Gasteiger partial charge in [-0.05, 0) is 29.8 Å². The molecule has 0 spiro atoms. The van der Waals surface area contributed by atoms with Crippen LogP contribution in [0.25, 0.3) is 22.4 Å². The molecule has 0 atom stereocenters. The van der Waals surface area contributed by atoms with Gasteiger partial charge in [-0.3, -0.25) is 4.98 Å². The molecule has 0 saturated heterocycles. The van der Waals surface area contributed by atoms with E-state index in [9.17, 15) is 0 Å². The van der Waals surface area contributed by atoms with Gasteiger partial charge in [-0.2, -0.15) is 0 Å². The maximum absolute atomic E-state index is 5.48. The maximum atomic E-state index is 5.48. The quantitative estimate of drug-likeness (QED) is 0.710. The molecular weight excluding hydrogens is 238 g/mol. The number of nitrogens with one attached hydrogen (secondary N) is 1. The van der Waals surface area contributed by atoms with Gasteiger partial charge in [0.15, 0.2) is 5.65 Å². The van der Waals surface area contributed by atoms with Crippen LogP contribution in [0.3, 0.4) is 0 Å². The largest absolute Gasteiger partial charge is 0.495 e. The second-order valence-electron chi connectivity index (χ2n) is 4.03. The van der Waals surface area contributed by atoms with Crippen LogP contribution in [0.2, 0.25) is 0 Å². The van der Waals surface area contributed by atoms with E-state index >= 15 is 0 Å². The number of terminal acetylenes is 1. The molecule has 1 N–H and O–H groups in total. The molecule has 1 aromatic carbocycles. The van der Waals surface area contributed by atoms with E-state index in [2.05, 4.69) is 20.9 Å². The maximum Gasteiger partial charge on any atom is 0.156 e. The van der Waals surface area contributed by atoms with Gasteiger partial charge in [0.25, 0.3) is 0 Å². The fraction of sp³-hybridized carbons (Fsp3) is 0.0667. The Balaban J connectivity index is 2.14. The molecule has 0 unspecified atom stereocenters. The molecule has 2 aromatic heterocycles. The first-order valence-electron chi connectivity index (χ1n) is 5.76. The highest BCUT2D eigenvalue weighted by molar-refractivity contribution is 5.80. The van der Waals surface area contributed by atoms with Crippen LogP contribution < -0.4 is 4.74 Å². The summed E-state index contributed by atoms with van der Waals surface area (Å²) in [5.74, 6) is 3.31. The van der Waals surface area contributed by atoms with Crippen molar-refractivity contribution in [3.8, 4) is 29.4 Å². The van der Waals surface area contributed by atoms with Gasteiger partial charge in [-0.25, -0.2) is 4.98 Å². The highest BCUT2D eigenvalue weighted by Gasteiger charge is 2.07. The van der Waals surface area contributed by atoms with Crippen molar-refractivity contribution in [2.75, 3.05) is 7.11 Å². The molecule has 0 fully saturated rings. The number of hydrogen-bond donors (Lipinski definition) is 1. The normalized spacial score (nSPS) is 10.3. The lowest BCUT2D eigenvalue weighted by Gasteiger charge is -2.05.